The van der Waals surface area contributed by atoms with Gasteiger partial charge >= 0.3 is 0 Å². The van der Waals surface area contributed by atoms with E-state index in [0.29, 0.717) is 23.8 Å². The number of rotatable bonds is 7. The van der Waals surface area contributed by atoms with Crippen molar-refractivity contribution >= 4 is 17.9 Å². The molecule has 0 fully saturated rings. The molecular weight excluding hydrogens is 338 g/mol. The summed E-state index contributed by atoms with van der Waals surface area (Å²) in [6.07, 6.45) is 2.40. The molecule has 1 unspecified atom stereocenters. The lowest BCUT2D eigenvalue weighted by Gasteiger charge is -2.24. The average molecular weight is 360 g/mol. The molecule has 1 atom stereocenters. The number of nitrogens with one attached hydrogen (secondary N) is 1. The normalized spacial score (nSPS) is 14.5. The number of halogens is 1. The maximum Gasteiger partial charge on any atom is 0.150 e. The molecule has 4 nitrogen and oxygen atoms in total. The van der Waals surface area contributed by atoms with Crippen LogP contribution < -0.4 is 10.1 Å². The quantitative estimate of drug-likeness (QED) is 0.603. The SMILES string of the molecule is CNCCOC(c1cccc(Cl)c1)c1cc(C=O)c2c(c1)OCCC2. The van der Waals surface area contributed by atoms with E-state index in [2.05, 4.69) is 5.32 Å². The monoisotopic (exact) mass is 359 g/mol. The lowest BCUT2D eigenvalue weighted by atomic mass is 9.93. The number of aldehydes is 1. The van der Waals surface area contributed by atoms with Gasteiger partial charge in [-0.2, -0.15) is 0 Å². The van der Waals surface area contributed by atoms with Gasteiger partial charge in [0.1, 0.15) is 18.1 Å². The first-order valence-corrected chi connectivity index (χ1v) is 8.87. The van der Waals surface area contributed by atoms with Gasteiger partial charge in [-0.25, -0.2) is 0 Å². The average Bonchev–Trinajstić information content (AvgIpc) is 2.64. The van der Waals surface area contributed by atoms with Gasteiger partial charge in [0.2, 0.25) is 0 Å². The van der Waals surface area contributed by atoms with E-state index in [1.165, 1.54) is 0 Å². The van der Waals surface area contributed by atoms with Crippen molar-refractivity contribution in [3.63, 3.8) is 0 Å². The first-order chi connectivity index (χ1) is 12.2. The van der Waals surface area contributed by atoms with Crippen LogP contribution in [0.1, 0.15) is 39.6 Å². The fraction of sp³-hybridized carbons (Fsp3) is 0.350. The largest absolute Gasteiger partial charge is 0.493 e. The zero-order valence-corrected chi connectivity index (χ0v) is 15.0. The van der Waals surface area contributed by atoms with Gasteiger partial charge in [0.05, 0.1) is 13.2 Å². The van der Waals surface area contributed by atoms with Crippen LogP contribution in [-0.2, 0) is 11.2 Å². The minimum atomic E-state index is -0.304. The molecular formula is C20H22ClNO3. The molecule has 1 N–H and O–H groups in total. The van der Waals surface area contributed by atoms with Gasteiger partial charge in [-0.15, -0.1) is 0 Å². The molecule has 25 heavy (non-hydrogen) atoms. The third-order valence-electron chi connectivity index (χ3n) is 4.31. The summed E-state index contributed by atoms with van der Waals surface area (Å²) in [7, 11) is 1.88. The van der Waals surface area contributed by atoms with Gasteiger partial charge in [0.15, 0.2) is 0 Å². The van der Waals surface area contributed by atoms with Crippen LogP contribution in [0.2, 0.25) is 5.02 Å². The number of fused-ring (bicyclic) bond motifs is 1. The van der Waals surface area contributed by atoms with E-state index in [4.69, 9.17) is 21.1 Å². The topological polar surface area (TPSA) is 47.6 Å². The molecule has 5 heteroatoms. The Labute approximate surface area is 153 Å². The highest BCUT2D eigenvalue weighted by Gasteiger charge is 2.21. The summed E-state index contributed by atoms with van der Waals surface area (Å²) >= 11 is 6.16. The summed E-state index contributed by atoms with van der Waals surface area (Å²) in [5.41, 5.74) is 3.53. The molecule has 0 spiro atoms. The molecule has 0 aromatic heterocycles. The Morgan fingerprint density at radius 1 is 1.32 bits per heavy atom. The molecule has 1 aliphatic heterocycles. The Balaban J connectivity index is 2.01. The number of ether oxygens (including phenoxy) is 2. The predicted molar refractivity (Wildman–Crippen MR) is 98.8 cm³/mol. The van der Waals surface area contributed by atoms with Crippen LogP contribution in [-0.4, -0.2) is 33.1 Å². The number of hydrogen-bond acceptors (Lipinski definition) is 4. The van der Waals surface area contributed by atoms with Crippen molar-refractivity contribution in [2.24, 2.45) is 0 Å². The number of benzene rings is 2. The number of carbonyl (C=O) groups excluding carboxylic acids is 1. The standard InChI is InChI=1S/C20H22ClNO3/c1-22-7-9-25-20(14-4-2-5-17(21)11-14)15-10-16(13-23)18-6-3-8-24-19(18)12-15/h2,4-5,10-13,20,22H,3,6-9H2,1H3. The Hall–Kier alpha value is -1.88. The third kappa shape index (κ3) is 4.21. The van der Waals surface area contributed by atoms with Crippen molar-refractivity contribution in [2.45, 2.75) is 18.9 Å². The second-order valence-electron chi connectivity index (χ2n) is 6.07. The fourth-order valence-electron chi connectivity index (χ4n) is 3.11. The van der Waals surface area contributed by atoms with Gasteiger partial charge in [-0.05, 0) is 55.3 Å². The van der Waals surface area contributed by atoms with Crippen LogP contribution in [0, 0.1) is 0 Å². The van der Waals surface area contributed by atoms with Crippen molar-refractivity contribution in [1.29, 1.82) is 0 Å². The highest BCUT2D eigenvalue weighted by atomic mass is 35.5. The van der Waals surface area contributed by atoms with E-state index in [-0.39, 0.29) is 6.10 Å². The van der Waals surface area contributed by atoms with Crippen molar-refractivity contribution < 1.29 is 14.3 Å². The van der Waals surface area contributed by atoms with Crippen molar-refractivity contribution in [2.75, 3.05) is 26.8 Å². The van der Waals surface area contributed by atoms with Crippen LogP contribution in [0.15, 0.2) is 36.4 Å². The molecule has 1 heterocycles. The molecule has 3 rings (SSSR count). The van der Waals surface area contributed by atoms with Gasteiger partial charge in [-0.3, -0.25) is 4.79 Å². The lowest BCUT2D eigenvalue weighted by Crippen LogP contribution is -2.18. The van der Waals surface area contributed by atoms with Gasteiger partial charge in [-0.1, -0.05) is 23.7 Å². The minimum Gasteiger partial charge on any atom is -0.493 e. The van der Waals surface area contributed by atoms with E-state index in [1.54, 1.807) is 0 Å². The van der Waals surface area contributed by atoms with Gasteiger partial charge < -0.3 is 14.8 Å². The Kier molecular flexibility index (Phi) is 6.08. The van der Waals surface area contributed by atoms with Gasteiger partial charge in [0.25, 0.3) is 0 Å². The summed E-state index contributed by atoms with van der Waals surface area (Å²) in [4.78, 5) is 11.6. The zero-order valence-electron chi connectivity index (χ0n) is 14.3. The second-order valence-corrected chi connectivity index (χ2v) is 6.50. The van der Waals surface area contributed by atoms with Crippen molar-refractivity contribution in [3.8, 4) is 5.75 Å². The molecule has 0 radical (unpaired) electrons. The summed E-state index contributed by atoms with van der Waals surface area (Å²) < 4.78 is 11.9. The molecule has 0 bridgehead atoms. The first kappa shape index (κ1) is 17.9. The van der Waals surface area contributed by atoms with E-state index >= 15 is 0 Å². The van der Waals surface area contributed by atoms with E-state index in [1.807, 2.05) is 43.4 Å². The summed E-state index contributed by atoms with van der Waals surface area (Å²) in [6, 6.07) is 11.5. The van der Waals surface area contributed by atoms with Crippen molar-refractivity contribution in [1.82, 2.24) is 5.32 Å². The fourth-order valence-corrected chi connectivity index (χ4v) is 3.31. The zero-order chi connectivity index (χ0) is 17.6. The maximum absolute atomic E-state index is 11.6. The highest BCUT2D eigenvalue weighted by Crippen LogP contribution is 2.35. The van der Waals surface area contributed by atoms with Crippen LogP contribution in [0.4, 0.5) is 0 Å². The van der Waals surface area contributed by atoms with Gasteiger partial charge in [0, 0.05) is 22.7 Å². The van der Waals surface area contributed by atoms with Crippen LogP contribution in [0.25, 0.3) is 0 Å². The maximum atomic E-state index is 11.6. The molecule has 1 aliphatic rings. The minimum absolute atomic E-state index is 0.304. The molecule has 0 saturated carbocycles. The summed E-state index contributed by atoms with van der Waals surface area (Å²) in [5.74, 6) is 0.787. The number of likely N-dealkylation sites (N-methyl/N-ethyl adjacent to an activating group) is 1. The lowest BCUT2D eigenvalue weighted by molar-refractivity contribution is 0.0827. The van der Waals surface area contributed by atoms with Crippen LogP contribution in [0.5, 0.6) is 5.75 Å². The van der Waals surface area contributed by atoms with Crippen LogP contribution >= 0.6 is 11.6 Å². The smallest absolute Gasteiger partial charge is 0.150 e. The Morgan fingerprint density at radius 2 is 2.20 bits per heavy atom. The molecule has 132 valence electrons. The Morgan fingerprint density at radius 3 is 2.96 bits per heavy atom. The number of hydrogen-bond donors (Lipinski definition) is 1. The second kappa shape index (κ2) is 8.48. The molecule has 2 aromatic carbocycles. The van der Waals surface area contributed by atoms with Crippen molar-refractivity contribution in [3.05, 3.63) is 63.7 Å². The van der Waals surface area contributed by atoms with E-state index in [0.717, 1.165) is 48.1 Å². The molecule has 0 saturated heterocycles. The molecule has 0 amide bonds. The summed E-state index contributed by atoms with van der Waals surface area (Å²) in [5, 5.41) is 3.73. The highest BCUT2D eigenvalue weighted by molar-refractivity contribution is 6.30. The Bertz CT molecular complexity index is 748. The predicted octanol–water partition coefficient (Wildman–Crippen LogP) is 3.80. The summed E-state index contributed by atoms with van der Waals surface area (Å²) in [6.45, 7) is 1.96. The third-order valence-corrected chi connectivity index (χ3v) is 4.55. The first-order valence-electron chi connectivity index (χ1n) is 8.49. The molecule has 2 aromatic rings. The van der Waals surface area contributed by atoms with E-state index in [9.17, 15) is 4.79 Å². The van der Waals surface area contributed by atoms with E-state index < -0.39 is 0 Å². The number of carbonyl (C=O) groups is 1. The molecule has 0 aliphatic carbocycles. The van der Waals surface area contributed by atoms with Crippen LogP contribution in [0.3, 0.4) is 0 Å².